The lowest BCUT2D eigenvalue weighted by Crippen LogP contribution is -2.19. The molecule has 0 saturated carbocycles. The van der Waals surface area contributed by atoms with Gasteiger partial charge in [-0.25, -0.2) is 0 Å². The minimum atomic E-state index is 0.349. The molecule has 0 aliphatic rings. The van der Waals surface area contributed by atoms with E-state index >= 15 is 0 Å². The molecule has 0 atom stereocenters. The van der Waals surface area contributed by atoms with Crippen molar-refractivity contribution in [2.75, 3.05) is 12.9 Å². The number of methoxy groups -OCH3 is 1. The Kier molecular flexibility index (Phi) is 5.20. The van der Waals surface area contributed by atoms with Gasteiger partial charge in [0.25, 0.3) is 0 Å². The predicted molar refractivity (Wildman–Crippen MR) is 39.9 cm³/mol. The van der Waals surface area contributed by atoms with Crippen molar-refractivity contribution in [1.29, 1.82) is 0 Å². The van der Waals surface area contributed by atoms with Crippen molar-refractivity contribution in [1.82, 2.24) is 4.72 Å². The molecule has 0 aromatic rings. The standard InChI is InChI=1S/C4H11N3OS/c1-3-9-7-4(6-5)8-2/h3,5H2,1-2H3,(H,6,7). The number of hydrogen-bond donors (Lipinski definition) is 2. The van der Waals surface area contributed by atoms with E-state index in [9.17, 15) is 0 Å². The van der Waals surface area contributed by atoms with Crippen LogP contribution in [0.3, 0.4) is 0 Å². The van der Waals surface area contributed by atoms with Gasteiger partial charge in [0.05, 0.1) is 7.11 Å². The minimum absolute atomic E-state index is 0.349. The number of nitrogens with zero attached hydrogens (tertiary/aromatic N) is 1. The summed E-state index contributed by atoms with van der Waals surface area (Å²) in [4.78, 5) is 0. The highest BCUT2D eigenvalue weighted by Gasteiger charge is 1.91. The quantitative estimate of drug-likeness (QED) is 0.192. The SMILES string of the molecule is CCSNC(=NN)OC. The molecule has 0 heterocycles. The largest absolute Gasteiger partial charge is 0.467 e. The Labute approximate surface area is 59.0 Å². The van der Waals surface area contributed by atoms with Crippen molar-refractivity contribution in [2.45, 2.75) is 6.92 Å². The lowest BCUT2D eigenvalue weighted by atomic mass is 11.0. The molecule has 0 bridgehead atoms. The molecular weight excluding hydrogens is 138 g/mol. The first-order valence-electron chi connectivity index (χ1n) is 2.54. The fourth-order valence-corrected chi connectivity index (χ4v) is 0.658. The Balaban J connectivity index is 3.33. The number of hydrogen-bond acceptors (Lipinski definition) is 4. The van der Waals surface area contributed by atoms with E-state index in [2.05, 4.69) is 9.82 Å². The third kappa shape index (κ3) is 3.96. The van der Waals surface area contributed by atoms with Crippen LogP contribution < -0.4 is 10.6 Å². The predicted octanol–water partition coefficient (Wildman–Crippen LogP) is 0.120. The van der Waals surface area contributed by atoms with Gasteiger partial charge in [-0.05, 0) is 11.9 Å². The van der Waals surface area contributed by atoms with Crippen LogP contribution in [0.4, 0.5) is 0 Å². The van der Waals surface area contributed by atoms with Gasteiger partial charge in [0, 0.05) is 5.75 Å². The van der Waals surface area contributed by atoms with Gasteiger partial charge >= 0.3 is 6.02 Å². The second-order valence-corrected chi connectivity index (χ2v) is 2.24. The average Bonchev–Trinajstić information content (AvgIpc) is 1.91. The van der Waals surface area contributed by atoms with Crippen LogP contribution in [0.5, 0.6) is 0 Å². The summed E-state index contributed by atoms with van der Waals surface area (Å²) in [6.07, 6.45) is 0. The van der Waals surface area contributed by atoms with E-state index in [-0.39, 0.29) is 0 Å². The summed E-state index contributed by atoms with van der Waals surface area (Å²) >= 11 is 1.48. The summed E-state index contributed by atoms with van der Waals surface area (Å²) in [5.74, 6) is 5.86. The fraction of sp³-hybridized carbons (Fsp3) is 0.750. The van der Waals surface area contributed by atoms with Gasteiger partial charge in [-0.3, -0.25) is 4.72 Å². The minimum Gasteiger partial charge on any atom is -0.467 e. The molecule has 0 fully saturated rings. The van der Waals surface area contributed by atoms with Crippen LogP contribution in [-0.2, 0) is 4.74 Å². The first kappa shape index (κ1) is 8.42. The van der Waals surface area contributed by atoms with Gasteiger partial charge < -0.3 is 10.6 Å². The van der Waals surface area contributed by atoms with Crippen LogP contribution in [0.1, 0.15) is 6.92 Å². The molecule has 0 amide bonds. The fourth-order valence-electron chi connectivity index (χ4n) is 0.255. The summed E-state index contributed by atoms with van der Waals surface area (Å²) in [5.41, 5.74) is 0. The second-order valence-electron chi connectivity index (χ2n) is 1.17. The highest BCUT2D eigenvalue weighted by molar-refractivity contribution is 7.97. The molecule has 0 aliphatic carbocycles. The third-order valence-corrected chi connectivity index (χ3v) is 1.22. The number of hydrazone groups is 1. The molecule has 0 aromatic carbocycles. The van der Waals surface area contributed by atoms with E-state index in [1.165, 1.54) is 19.1 Å². The van der Waals surface area contributed by atoms with Gasteiger partial charge in [-0.2, -0.15) is 0 Å². The summed E-state index contributed by atoms with van der Waals surface area (Å²) in [7, 11) is 1.51. The highest BCUT2D eigenvalue weighted by Crippen LogP contribution is 1.89. The van der Waals surface area contributed by atoms with Crippen molar-refractivity contribution >= 4 is 18.0 Å². The topological polar surface area (TPSA) is 59.6 Å². The van der Waals surface area contributed by atoms with Crippen molar-refractivity contribution in [3.05, 3.63) is 0 Å². The lowest BCUT2D eigenvalue weighted by Gasteiger charge is -2.02. The van der Waals surface area contributed by atoms with Gasteiger partial charge in [0.15, 0.2) is 0 Å². The van der Waals surface area contributed by atoms with Crippen LogP contribution >= 0.6 is 11.9 Å². The van der Waals surface area contributed by atoms with Crippen LogP contribution in [0.25, 0.3) is 0 Å². The molecular formula is C4H11N3OS. The maximum Gasteiger partial charge on any atom is 0.316 e. The van der Waals surface area contributed by atoms with Gasteiger partial charge in [0.2, 0.25) is 0 Å². The zero-order valence-corrected chi connectivity index (χ0v) is 6.36. The van der Waals surface area contributed by atoms with Crippen molar-refractivity contribution in [2.24, 2.45) is 10.9 Å². The monoisotopic (exact) mass is 149 g/mol. The molecule has 0 spiro atoms. The number of ether oxygens (including phenoxy) is 1. The third-order valence-electron chi connectivity index (χ3n) is 0.614. The first-order valence-corrected chi connectivity index (χ1v) is 3.53. The van der Waals surface area contributed by atoms with E-state index in [0.717, 1.165) is 5.75 Å². The Morgan fingerprint density at radius 2 is 2.56 bits per heavy atom. The second kappa shape index (κ2) is 5.55. The molecule has 0 saturated heterocycles. The lowest BCUT2D eigenvalue weighted by molar-refractivity contribution is 0.390. The zero-order valence-electron chi connectivity index (χ0n) is 5.55. The maximum absolute atomic E-state index is 4.91. The van der Waals surface area contributed by atoms with E-state index in [0.29, 0.717) is 6.02 Å². The first-order chi connectivity index (χ1) is 4.35. The average molecular weight is 149 g/mol. The van der Waals surface area contributed by atoms with Crippen LogP contribution in [0.15, 0.2) is 5.10 Å². The van der Waals surface area contributed by atoms with Crippen molar-refractivity contribution in [3.8, 4) is 0 Å². The summed E-state index contributed by atoms with van der Waals surface area (Å²) in [5, 5.41) is 3.31. The number of nitrogens with two attached hydrogens (primary N) is 1. The maximum atomic E-state index is 4.91. The molecule has 0 radical (unpaired) electrons. The van der Waals surface area contributed by atoms with E-state index in [1.54, 1.807) is 0 Å². The molecule has 4 nitrogen and oxygen atoms in total. The molecule has 0 rings (SSSR count). The van der Waals surface area contributed by atoms with Crippen molar-refractivity contribution < 1.29 is 4.74 Å². The Hall–Kier alpha value is -0.580. The summed E-state index contributed by atoms with van der Waals surface area (Å²) < 4.78 is 7.48. The molecule has 0 aliphatic heterocycles. The Bertz CT molecular complexity index is 95.8. The van der Waals surface area contributed by atoms with Crippen LogP contribution in [0, 0.1) is 0 Å². The summed E-state index contributed by atoms with van der Waals surface area (Å²) in [6, 6.07) is 0.349. The number of amidine groups is 1. The molecule has 0 aromatic heterocycles. The van der Waals surface area contributed by atoms with E-state index < -0.39 is 0 Å². The molecule has 5 heteroatoms. The van der Waals surface area contributed by atoms with E-state index in [4.69, 9.17) is 10.6 Å². The number of nitrogens with one attached hydrogen (secondary N) is 1. The summed E-state index contributed by atoms with van der Waals surface area (Å²) in [6.45, 7) is 2.02. The van der Waals surface area contributed by atoms with Crippen LogP contribution in [-0.4, -0.2) is 18.9 Å². The van der Waals surface area contributed by atoms with Crippen LogP contribution in [0.2, 0.25) is 0 Å². The molecule has 0 unspecified atom stereocenters. The zero-order chi connectivity index (χ0) is 7.11. The highest BCUT2D eigenvalue weighted by atomic mass is 32.2. The molecule has 9 heavy (non-hydrogen) atoms. The number of rotatable bonds is 2. The molecule has 54 valence electrons. The van der Waals surface area contributed by atoms with Gasteiger partial charge in [0.1, 0.15) is 0 Å². The van der Waals surface area contributed by atoms with E-state index in [1.807, 2.05) is 6.92 Å². The smallest absolute Gasteiger partial charge is 0.316 e. The molecule has 3 N–H and O–H groups in total. The van der Waals surface area contributed by atoms with Gasteiger partial charge in [-0.1, -0.05) is 6.92 Å². The Morgan fingerprint density at radius 3 is 2.89 bits per heavy atom. The Morgan fingerprint density at radius 1 is 1.89 bits per heavy atom. The normalized spacial score (nSPS) is 11.1. The van der Waals surface area contributed by atoms with Crippen molar-refractivity contribution in [3.63, 3.8) is 0 Å². The van der Waals surface area contributed by atoms with Gasteiger partial charge in [-0.15, -0.1) is 5.10 Å².